The SMILES string of the molecule is CCCCNCc1cc(C)n(Cc2cccc(C)c2)c1C. The highest BCUT2D eigenvalue weighted by molar-refractivity contribution is 5.29. The second kappa shape index (κ2) is 7.46. The highest BCUT2D eigenvalue weighted by atomic mass is 15.0. The first-order valence-electron chi connectivity index (χ1n) is 8.03. The summed E-state index contributed by atoms with van der Waals surface area (Å²) in [6.07, 6.45) is 2.50. The lowest BCUT2D eigenvalue weighted by molar-refractivity contribution is 0.637. The maximum absolute atomic E-state index is 3.54. The zero-order valence-electron chi connectivity index (χ0n) is 13.9. The Kier molecular flexibility index (Phi) is 5.63. The van der Waals surface area contributed by atoms with E-state index >= 15 is 0 Å². The van der Waals surface area contributed by atoms with E-state index in [4.69, 9.17) is 0 Å². The lowest BCUT2D eigenvalue weighted by Crippen LogP contribution is -2.15. The third kappa shape index (κ3) is 4.21. The average molecular weight is 284 g/mol. The molecule has 0 amide bonds. The summed E-state index contributed by atoms with van der Waals surface area (Å²) >= 11 is 0. The van der Waals surface area contributed by atoms with Crippen LogP contribution in [0.25, 0.3) is 0 Å². The van der Waals surface area contributed by atoms with Crippen LogP contribution in [-0.2, 0) is 13.1 Å². The molecule has 0 aliphatic heterocycles. The second-order valence-electron chi connectivity index (χ2n) is 6.00. The van der Waals surface area contributed by atoms with E-state index in [1.54, 1.807) is 0 Å². The lowest BCUT2D eigenvalue weighted by atomic mass is 10.1. The van der Waals surface area contributed by atoms with Gasteiger partial charge in [0.1, 0.15) is 0 Å². The molecule has 2 nitrogen and oxygen atoms in total. The molecule has 0 fully saturated rings. The van der Waals surface area contributed by atoms with Gasteiger partial charge in [0.2, 0.25) is 0 Å². The van der Waals surface area contributed by atoms with Crippen molar-refractivity contribution in [2.75, 3.05) is 6.54 Å². The quantitative estimate of drug-likeness (QED) is 0.748. The van der Waals surface area contributed by atoms with Crippen LogP contribution < -0.4 is 5.32 Å². The Morgan fingerprint density at radius 1 is 1.10 bits per heavy atom. The summed E-state index contributed by atoms with van der Waals surface area (Å²) in [5.74, 6) is 0. The van der Waals surface area contributed by atoms with Gasteiger partial charge in [0.25, 0.3) is 0 Å². The Bertz CT molecular complexity index is 581. The van der Waals surface area contributed by atoms with Crippen molar-refractivity contribution in [3.8, 4) is 0 Å². The van der Waals surface area contributed by atoms with E-state index in [1.165, 1.54) is 40.9 Å². The minimum Gasteiger partial charge on any atom is -0.344 e. The third-order valence-electron chi connectivity index (χ3n) is 4.12. The largest absolute Gasteiger partial charge is 0.344 e. The summed E-state index contributed by atoms with van der Waals surface area (Å²) in [6.45, 7) is 11.9. The van der Waals surface area contributed by atoms with Gasteiger partial charge in [-0.3, -0.25) is 0 Å². The van der Waals surface area contributed by atoms with E-state index in [0.717, 1.165) is 19.6 Å². The zero-order valence-corrected chi connectivity index (χ0v) is 13.9. The van der Waals surface area contributed by atoms with Gasteiger partial charge in [-0.2, -0.15) is 0 Å². The summed E-state index contributed by atoms with van der Waals surface area (Å²) in [6, 6.07) is 11.1. The van der Waals surface area contributed by atoms with E-state index in [-0.39, 0.29) is 0 Å². The van der Waals surface area contributed by atoms with Crippen LogP contribution in [0, 0.1) is 20.8 Å². The van der Waals surface area contributed by atoms with Gasteiger partial charge >= 0.3 is 0 Å². The molecule has 0 aliphatic carbocycles. The van der Waals surface area contributed by atoms with Crippen molar-refractivity contribution in [1.29, 1.82) is 0 Å². The molecule has 0 saturated heterocycles. The molecule has 2 rings (SSSR count). The van der Waals surface area contributed by atoms with Crippen LogP contribution in [-0.4, -0.2) is 11.1 Å². The van der Waals surface area contributed by atoms with Crippen molar-refractivity contribution in [3.63, 3.8) is 0 Å². The number of aryl methyl sites for hydroxylation is 2. The van der Waals surface area contributed by atoms with E-state index in [0.29, 0.717) is 0 Å². The first-order chi connectivity index (χ1) is 10.1. The summed E-state index contributed by atoms with van der Waals surface area (Å²) < 4.78 is 2.42. The smallest absolute Gasteiger partial charge is 0.0475 e. The standard InChI is InChI=1S/C19H28N2/c1-5-6-10-20-13-19-12-16(3)21(17(19)4)14-18-9-7-8-15(2)11-18/h7-9,11-12,20H,5-6,10,13-14H2,1-4H3. The number of aromatic nitrogens is 1. The molecule has 114 valence electrons. The molecule has 0 unspecified atom stereocenters. The predicted octanol–water partition coefficient (Wildman–Crippen LogP) is 4.35. The summed E-state index contributed by atoms with van der Waals surface area (Å²) in [4.78, 5) is 0. The molecule has 1 aromatic carbocycles. The first-order valence-corrected chi connectivity index (χ1v) is 8.03. The molecule has 0 radical (unpaired) electrons. The Morgan fingerprint density at radius 3 is 2.62 bits per heavy atom. The minimum absolute atomic E-state index is 0.967. The molecule has 0 spiro atoms. The van der Waals surface area contributed by atoms with E-state index in [2.05, 4.69) is 67.9 Å². The monoisotopic (exact) mass is 284 g/mol. The number of hydrogen-bond donors (Lipinski definition) is 1. The Morgan fingerprint density at radius 2 is 1.90 bits per heavy atom. The maximum Gasteiger partial charge on any atom is 0.0475 e. The number of unbranched alkanes of at least 4 members (excludes halogenated alkanes) is 1. The number of hydrogen-bond acceptors (Lipinski definition) is 1. The second-order valence-corrected chi connectivity index (χ2v) is 6.00. The van der Waals surface area contributed by atoms with Gasteiger partial charge in [-0.15, -0.1) is 0 Å². The summed E-state index contributed by atoms with van der Waals surface area (Å²) in [7, 11) is 0. The fourth-order valence-electron chi connectivity index (χ4n) is 2.81. The van der Waals surface area contributed by atoms with Crippen LogP contribution in [0.1, 0.15) is 47.8 Å². The highest BCUT2D eigenvalue weighted by Gasteiger charge is 2.09. The van der Waals surface area contributed by atoms with Crippen molar-refractivity contribution >= 4 is 0 Å². The molecule has 21 heavy (non-hydrogen) atoms. The highest BCUT2D eigenvalue weighted by Crippen LogP contribution is 2.17. The molecule has 0 atom stereocenters. The van der Waals surface area contributed by atoms with Gasteiger partial charge in [-0.1, -0.05) is 43.2 Å². The molecular weight excluding hydrogens is 256 g/mol. The Labute approximate surface area is 129 Å². The number of nitrogens with one attached hydrogen (secondary N) is 1. The normalized spacial score (nSPS) is 11.0. The van der Waals surface area contributed by atoms with Crippen molar-refractivity contribution in [2.45, 2.75) is 53.6 Å². The van der Waals surface area contributed by atoms with Crippen LogP contribution in [0.2, 0.25) is 0 Å². The molecule has 2 aromatic rings. The van der Waals surface area contributed by atoms with Crippen molar-refractivity contribution in [1.82, 2.24) is 9.88 Å². The van der Waals surface area contributed by atoms with Crippen molar-refractivity contribution < 1.29 is 0 Å². The lowest BCUT2D eigenvalue weighted by Gasteiger charge is -2.11. The maximum atomic E-state index is 3.54. The molecule has 1 heterocycles. The van der Waals surface area contributed by atoms with Gasteiger partial charge < -0.3 is 9.88 Å². The zero-order chi connectivity index (χ0) is 15.2. The summed E-state index contributed by atoms with van der Waals surface area (Å²) in [5, 5.41) is 3.54. The van der Waals surface area contributed by atoms with Gasteiger partial charge in [0, 0.05) is 24.5 Å². The Hall–Kier alpha value is -1.54. The molecule has 0 aliphatic rings. The molecule has 2 heteroatoms. The minimum atomic E-state index is 0.967. The van der Waals surface area contributed by atoms with Crippen LogP contribution in [0.3, 0.4) is 0 Å². The van der Waals surface area contributed by atoms with E-state index in [9.17, 15) is 0 Å². The molecular formula is C19H28N2. The summed E-state index contributed by atoms with van der Waals surface area (Å²) in [5.41, 5.74) is 6.87. The predicted molar refractivity (Wildman–Crippen MR) is 90.8 cm³/mol. The average Bonchev–Trinajstić information content (AvgIpc) is 2.71. The van der Waals surface area contributed by atoms with Crippen LogP contribution >= 0.6 is 0 Å². The Balaban J connectivity index is 2.08. The van der Waals surface area contributed by atoms with Gasteiger partial charge in [-0.25, -0.2) is 0 Å². The third-order valence-corrected chi connectivity index (χ3v) is 4.12. The molecule has 1 N–H and O–H groups in total. The van der Waals surface area contributed by atoms with Crippen molar-refractivity contribution in [3.05, 3.63) is 58.4 Å². The van der Waals surface area contributed by atoms with Crippen LogP contribution in [0.15, 0.2) is 30.3 Å². The van der Waals surface area contributed by atoms with Crippen molar-refractivity contribution in [2.24, 2.45) is 0 Å². The van der Waals surface area contributed by atoms with Gasteiger partial charge in [0.15, 0.2) is 0 Å². The number of rotatable bonds is 7. The van der Waals surface area contributed by atoms with E-state index < -0.39 is 0 Å². The molecule has 0 bridgehead atoms. The first kappa shape index (κ1) is 15.8. The fraction of sp³-hybridized carbons (Fsp3) is 0.474. The topological polar surface area (TPSA) is 17.0 Å². The van der Waals surface area contributed by atoms with Crippen LogP contribution in [0.4, 0.5) is 0 Å². The molecule has 0 saturated carbocycles. The number of nitrogens with zero attached hydrogens (tertiary/aromatic N) is 1. The van der Waals surface area contributed by atoms with E-state index in [1.807, 2.05) is 0 Å². The fourth-order valence-corrected chi connectivity index (χ4v) is 2.81. The molecule has 1 aromatic heterocycles. The number of benzene rings is 1. The van der Waals surface area contributed by atoms with Gasteiger partial charge in [-0.05, 0) is 50.9 Å². The van der Waals surface area contributed by atoms with Crippen LogP contribution in [0.5, 0.6) is 0 Å². The van der Waals surface area contributed by atoms with Gasteiger partial charge in [0.05, 0.1) is 0 Å².